The van der Waals surface area contributed by atoms with Crippen molar-refractivity contribution in [2.75, 3.05) is 32.7 Å². The Bertz CT molecular complexity index is 555. The van der Waals surface area contributed by atoms with E-state index in [0.717, 1.165) is 18.7 Å². The summed E-state index contributed by atoms with van der Waals surface area (Å²) in [5.41, 5.74) is 0.984. The van der Waals surface area contributed by atoms with E-state index in [0.29, 0.717) is 31.2 Å². The van der Waals surface area contributed by atoms with Crippen LogP contribution in [0, 0.1) is 5.92 Å². The molecule has 1 saturated heterocycles. The number of carbonyl (C=O) groups excluding carboxylic acids is 2. The molecule has 1 aromatic rings. The van der Waals surface area contributed by atoms with Crippen molar-refractivity contribution in [1.82, 2.24) is 15.1 Å². The summed E-state index contributed by atoms with van der Waals surface area (Å²) >= 11 is 5.92. The second-order valence-corrected chi connectivity index (χ2v) is 6.60. The van der Waals surface area contributed by atoms with Gasteiger partial charge in [0, 0.05) is 43.7 Å². The zero-order chi connectivity index (χ0) is 16.8. The Hall–Kier alpha value is -1.59. The molecule has 0 aromatic heterocycles. The first-order chi connectivity index (χ1) is 11.0. The van der Waals surface area contributed by atoms with Crippen molar-refractivity contribution in [2.24, 2.45) is 5.92 Å². The van der Waals surface area contributed by atoms with Crippen molar-refractivity contribution in [3.8, 4) is 0 Å². The first-order valence-electron chi connectivity index (χ1n) is 7.98. The number of carbonyl (C=O) groups is 2. The molecule has 1 heterocycles. The minimum atomic E-state index is -0.00592. The lowest BCUT2D eigenvalue weighted by atomic mass is 10.1. The highest BCUT2D eigenvalue weighted by molar-refractivity contribution is 6.30. The quantitative estimate of drug-likeness (QED) is 0.890. The van der Waals surface area contributed by atoms with Gasteiger partial charge in [0.15, 0.2) is 0 Å². The van der Waals surface area contributed by atoms with Gasteiger partial charge in [-0.2, -0.15) is 0 Å². The molecule has 0 saturated carbocycles. The molecule has 6 heteroatoms. The van der Waals surface area contributed by atoms with Crippen molar-refractivity contribution in [3.05, 3.63) is 34.9 Å². The molecule has 0 spiro atoms. The fraction of sp³-hybridized carbons (Fsp3) is 0.529. The van der Waals surface area contributed by atoms with Crippen molar-refractivity contribution in [2.45, 2.75) is 20.4 Å². The predicted molar refractivity (Wildman–Crippen MR) is 91.2 cm³/mol. The van der Waals surface area contributed by atoms with E-state index in [-0.39, 0.29) is 17.7 Å². The molecule has 0 unspecified atom stereocenters. The van der Waals surface area contributed by atoms with Gasteiger partial charge in [0.25, 0.3) is 0 Å². The Morgan fingerprint density at radius 3 is 2.52 bits per heavy atom. The largest absolute Gasteiger partial charge is 0.351 e. The maximum atomic E-state index is 12.0. The number of halogens is 1. The second-order valence-electron chi connectivity index (χ2n) is 6.16. The van der Waals surface area contributed by atoms with Gasteiger partial charge in [-0.3, -0.25) is 14.5 Å². The lowest BCUT2D eigenvalue weighted by Gasteiger charge is -2.35. The van der Waals surface area contributed by atoms with Gasteiger partial charge >= 0.3 is 0 Å². The van der Waals surface area contributed by atoms with Crippen molar-refractivity contribution >= 4 is 23.4 Å². The van der Waals surface area contributed by atoms with Gasteiger partial charge in [0.1, 0.15) is 0 Å². The Kier molecular flexibility index (Phi) is 6.42. The zero-order valence-corrected chi connectivity index (χ0v) is 14.5. The number of benzene rings is 1. The average Bonchev–Trinajstić information content (AvgIpc) is 2.53. The highest BCUT2D eigenvalue weighted by atomic mass is 35.5. The van der Waals surface area contributed by atoms with Crippen LogP contribution in [0.1, 0.15) is 19.4 Å². The van der Waals surface area contributed by atoms with E-state index in [1.165, 1.54) is 0 Å². The Labute approximate surface area is 142 Å². The third kappa shape index (κ3) is 5.52. The summed E-state index contributed by atoms with van der Waals surface area (Å²) in [5.74, 6) is 0.214. The fourth-order valence-electron chi connectivity index (χ4n) is 2.60. The van der Waals surface area contributed by atoms with E-state index in [2.05, 4.69) is 10.2 Å². The lowest BCUT2D eigenvalue weighted by molar-refractivity contribution is -0.136. The monoisotopic (exact) mass is 337 g/mol. The summed E-state index contributed by atoms with van der Waals surface area (Å²) in [6.45, 7) is 7.54. The van der Waals surface area contributed by atoms with Gasteiger partial charge < -0.3 is 10.2 Å². The van der Waals surface area contributed by atoms with E-state index >= 15 is 0 Å². The maximum absolute atomic E-state index is 12.0. The van der Waals surface area contributed by atoms with Crippen LogP contribution in [0.5, 0.6) is 0 Å². The van der Waals surface area contributed by atoms with Gasteiger partial charge in [-0.1, -0.05) is 37.6 Å². The van der Waals surface area contributed by atoms with Crippen LogP contribution in [0.2, 0.25) is 5.02 Å². The Morgan fingerprint density at radius 2 is 1.91 bits per heavy atom. The summed E-state index contributed by atoms with van der Waals surface area (Å²) in [4.78, 5) is 27.9. The number of rotatable bonds is 5. The van der Waals surface area contributed by atoms with Crippen molar-refractivity contribution < 1.29 is 9.59 Å². The topological polar surface area (TPSA) is 52.7 Å². The smallest absolute Gasteiger partial charge is 0.234 e. The van der Waals surface area contributed by atoms with E-state index in [1.54, 1.807) is 0 Å². The molecule has 126 valence electrons. The average molecular weight is 338 g/mol. The molecular formula is C17H24ClN3O2. The van der Waals surface area contributed by atoms with Gasteiger partial charge in [0.2, 0.25) is 11.8 Å². The van der Waals surface area contributed by atoms with Crippen LogP contribution in [0.4, 0.5) is 0 Å². The number of nitrogens with zero attached hydrogens (tertiary/aromatic N) is 2. The molecule has 2 rings (SSSR count). The van der Waals surface area contributed by atoms with Crippen molar-refractivity contribution in [1.29, 1.82) is 0 Å². The molecule has 0 aliphatic carbocycles. The molecule has 1 N–H and O–H groups in total. The van der Waals surface area contributed by atoms with Crippen LogP contribution in [0.25, 0.3) is 0 Å². The van der Waals surface area contributed by atoms with Crippen LogP contribution < -0.4 is 5.32 Å². The van der Waals surface area contributed by atoms with Crippen LogP contribution in [-0.2, 0) is 16.1 Å². The third-order valence-corrected chi connectivity index (χ3v) is 4.16. The lowest BCUT2D eigenvalue weighted by Crippen LogP contribution is -2.51. The highest BCUT2D eigenvalue weighted by Gasteiger charge is 2.23. The van der Waals surface area contributed by atoms with Gasteiger partial charge in [0.05, 0.1) is 6.54 Å². The molecular weight excluding hydrogens is 314 g/mol. The molecule has 23 heavy (non-hydrogen) atoms. The summed E-state index contributed by atoms with van der Waals surface area (Å²) in [6, 6.07) is 7.46. The summed E-state index contributed by atoms with van der Waals surface area (Å²) in [5, 5.41) is 3.58. The second kappa shape index (κ2) is 8.31. The molecule has 0 radical (unpaired) electrons. The summed E-state index contributed by atoms with van der Waals surface area (Å²) in [7, 11) is 0. The number of piperazine rings is 1. The number of hydrogen-bond acceptors (Lipinski definition) is 3. The predicted octanol–water partition coefficient (Wildman–Crippen LogP) is 1.76. The normalized spacial score (nSPS) is 15.7. The minimum Gasteiger partial charge on any atom is -0.351 e. The van der Waals surface area contributed by atoms with E-state index in [4.69, 9.17) is 11.6 Å². The minimum absolute atomic E-state index is 0.00592. The maximum Gasteiger partial charge on any atom is 0.234 e. The zero-order valence-electron chi connectivity index (χ0n) is 13.7. The molecule has 0 bridgehead atoms. The first kappa shape index (κ1) is 17.8. The van der Waals surface area contributed by atoms with E-state index < -0.39 is 0 Å². The molecule has 1 fully saturated rings. The molecule has 0 atom stereocenters. The standard InChI is InChI=1S/C17H24ClN3O2/c1-13(2)17(23)21-8-6-20(7-9-21)12-16(22)19-11-14-4-3-5-15(18)10-14/h3-5,10,13H,6-9,11-12H2,1-2H3,(H,19,22). The molecule has 1 aromatic carbocycles. The van der Waals surface area contributed by atoms with Gasteiger partial charge in [-0.25, -0.2) is 0 Å². The fourth-order valence-corrected chi connectivity index (χ4v) is 2.81. The SMILES string of the molecule is CC(C)C(=O)N1CCN(CC(=O)NCc2cccc(Cl)c2)CC1. The Balaban J connectivity index is 1.71. The first-order valence-corrected chi connectivity index (χ1v) is 8.36. The number of hydrogen-bond donors (Lipinski definition) is 1. The third-order valence-electron chi connectivity index (χ3n) is 3.92. The molecule has 5 nitrogen and oxygen atoms in total. The Morgan fingerprint density at radius 1 is 1.22 bits per heavy atom. The van der Waals surface area contributed by atoms with Gasteiger partial charge in [-0.05, 0) is 17.7 Å². The summed E-state index contributed by atoms with van der Waals surface area (Å²) < 4.78 is 0. The van der Waals surface area contributed by atoms with Crippen LogP contribution in [0.15, 0.2) is 24.3 Å². The van der Waals surface area contributed by atoms with Crippen LogP contribution in [0.3, 0.4) is 0 Å². The van der Waals surface area contributed by atoms with Crippen molar-refractivity contribution in [3.63, 3.8) is 0 Å². The number of amides is 2. The van der Waals surface area contributed by atoms with E-state index in [9.17, 15) is 9.59 Å². The molecule has 1 aliphatic rings. The van der Waals surface area contributed by atoms with Crippen LogP contribution in [-0.4, -0.2) is 54.3 Å². The summed E-state index contributed by atoms with van der Waals surface area (Å²) in [6.07, 6.45) is 0. The van der Waals surface area contributed by atoms with E-state index in [1.807, 2.05) is 43.0 Å². The van der Waals surface area contributed by atoms with Gasteiger partial charge in [-0.15, -0.1) is 0 Å². The van der Waals surface area contributed by atoms with Crippen LogP contribution >= 0.6 is 11.6 Å². The molecule has 2 amide bonds. The number of nitrogens with one attached hydrogen (secondary N) is 1. The molecule has 1 aliphatic heterocycles. The highest BCUT2D eigenvalue weighted by Crippen LogP contribution is 2.10.